The van der Waals surface area contributed by atoms with Gasteiger partial charge in [-0.25, -0.2) is 4.79 Å². The zero-order valence-electron chi connectivity index (χ0n) is 19.8. The molecule has 182 valence electrons. The Morgan fingerprint density at radius 1 is 1.42 bits per heavy atom. The molecule has 5 atom stereocenters. The number of thiol groups is 1. The Hall–Kier alpha value is -0.130. The summed E-state index contributed by atoms with van der Waals surface area (Å²) in [5.41, 5.74) is 6.06. The number of carbonyl (C=O) groups excluding carboxylic acids is 2. The first-order chi connectivity index (χ1) is 14.6. The van der Waals surface area contributed by atoms with E-state index >= 15 is 0 Å². The van der Waals surface area contributed by atoms with Gasteiger partial charge >= 0.3 is 5.97 Å². The summed E-state index contributed by atoms with van der Waals surface area (Å²) in [5.74, 6) is 2.11. The molecule has 1 amide bonds. The van der Waals surface area contributed by atoms with Crippen molar-refractivity contribution >= 4 is 48.0 Å². The molecule has 1 aliphatic heterocycles. The van der Waals surface area contributed by atoms with E-state index in [0.717, 1.165) is 24.6 Å². The van der Waals surface area contributed by atoms with E-state index in [0.29, 0.717) is 24.6 Å². The second-order valence-corrected chi connectivity index (χ2v) is 11.7. The van der Waals surface area contributed by atoms with E-state index in [-0.39, 0.29) is 28.8 Å². The third-order valence-corrected chi connectivity index (χ3v) is 8.47. The summed E-state index contributed by atoms with van der Waals surface area (Å²) in [6.07, 6.45) is 3.57. The lowest BCUT2D eigenvalue weighted by atomic mass is 9.95. The number of rotatable bonds is 14. The van der Waals surface area contributed by atoms with Crippen molar-refractivity contribution in [3.8, 4) is 0 Å². The second kappa shape index (κ2) is 14.2. The number of nitrogens with two attached hydrogens (primary N) is 1. The SMILES string of the molecule is CCC(C)[C@@H](CN1CSC(C)(C)[C@@H]1C(=O)N[C@@H](CCSC)C(=O)OC)NC[C@@H](N)CS. The van der Waals surface area contributed by atoms with Crippen LogP contribution >= 0.6 is 36.2 Å². The number of esters is 1. The van der Waals surface area contributed by atoms with E-state index in [4.69, 9.17) is 10.5 Å². The number of carbonyl (C=O) groups is 2. The van der Waals surface area contributed by atoms with Gasteiger partial charge in [0.2, 0.25) is 5.91 Å². The number of nitrogens with one attached hydrogen (secondary N) is 2. The van der Waals surface area contributed by atoms with Gasteiger partial charge in [0.15, 0.2) is 0 Å². The number of hydrogen-bond donors (Lipinski definition) is 4. The van der Waals surface area contributed by atoms with Gasteiger partial charge in [-0.3, -0.25) is 9.69 Å². The molecule has 1 aliphatic rings. The van der Waals surface area contributed by atoms with Crippen LogP contribution in [0.3, 0.4) is 0 Å². The fourth-order valence-electron chi connectivity index (χ4n) is 3.71. The number of thioether (sulfide) groups is 2. The zero-order valence-corrected chi connectivity index (χ0v) is 22.4. The summed E-state index contributed by atoms with van der Waals surface area (Å²) >= 11 is 7.70. The van der Waals surface area contributed by atoms with E-state index in [1.807, 2.05) is 6.26 Å². The van der Waals surface area contributed by atoms with Crippen LogP contribution in [0, 0.1) is 5.92 Å². The minimum Gasteiger partial charge on any atom is -0.467 e. The maximum absolute atomic E-state index is 13.4. The van der Waals surface area contributed by atoms with Gasteiger partial charge in [-0.05, 0) is 38.2 Å². The lowest BCUT2D eigenvalue weighted by molar-refractivity contribution is -0.145. The Bertz CT molecular complexity index is 568. The number of amides is 1. The van der Waals surface area contributed by atoms with Gasteiger partial charge in [0, 0.05) is 41.5 Å². The molecule has 7 nitrogen and oxygen atoms in total. The number of nitrogens with zero attached hydrogens (tertiary/aromatic N) is 1. The average Bonchev–Trinajstić information content (AvgIpc) is 3.05. The van der Waals surface area contributed by atoms with Crippen molar-refractivity contribution in [2.24, 2.45) is 11.7 Å². The van der Waals surface area contributed by atoms with Crippen LogP contribution < -0.4 is 16.4 Å². The van der Waals surface area contributed by atoms with E-state index < -0.39 is 12.0 Å². The van der Waals surface area contributed by atoms with Gasteiger partial charge in [-0.1, -0.05) is 20.3 Å². The number of methoxy groups -OCH3 is 1. The molecule has 0 saturated carbocycles. The molecule has 4 N–H and O–H groups in total. The standard InChI is InChI=1S/C21H42N4O3S3/c1-7-14(2)17(23-10-15(22)12-29)11-25-13-31-21(3,4)18(25)19(26)24-16(8-9-30-6)20(27)28-5/h14-18,23,29H,7-13,22H2,1-6H3,(H,24,26)/t14?,15-,16+,17-,18+/m1/s1. The van der Waals surface area contributed by atoms with Crippen LogP contribution in [0.4, 0.5) is 0 Å². The monoisotopic (exact) mass is 494 g/mol. The van der Waals surface area contributed by atoms with Crippen LogP contribution in [-0.2, 0) is 14.3 Å². The summed E-state index contributed by atoms with van der Waals surface area (Å²) in [4.78, 5) is 27.8. The van der Waals surface area contributed by atoms with Crippen molar-refractivity contribution in [2.75, 3.05) is 43.8 Å². The van der Waals surface area contributed by atoms with Crippen LogP contribution in [0.15, 0.2) is 0 Å². The third-order valence-electron chi connectivity index (χ3n) is 5.93. The summed E-state index contributed by atoms with van der Waals surface area (Å²) in [7, 11) is 1.36. The molecule has 0 radical (unpaired) electrons. The predicted molar refractivity (Wildman–Crippen MR) is 137 cm³/mol. The Labute approximate surface area is 202 Å². The van der Waals surface area contributed by atoms with Crippen molar-refractivity contribution in [1.29, 1.82) is 0 Å². The molecule has 31 heavy (non-hydrogen) atoms. The lowest BCUT2D eigenvalue weighted by Gasteiger charge is -2.35. The molecule has 1 unspecified atom stereocenters. The first-order valence-corrected chi connectivity index (χ1v) is 14.0. The lowest BCUT2D eigenvalue weighted by Crippen LogP contribution is -2.58. The van der Waals surface area contributed by atoms with Crippen molar-refractivity contribution in [1.82, 2.24) is 15.5 Å². The normalized spacial score (nSPS) is 22.5. The predicted octanol–water partition coefficient (Wildman–Crippen LogP) is 1.81. The van der Waals surface area contributed by atoms with Gasteiger partial charge in [-0.2, -0.15) is 24.4 Å². The van der Waals surface area contributed by atoms with Crippen LogP contribution in [0.5, 0.6) is 0 Å². The van der Waals surface area contributed by atoms with Crippen LogP contribution in [-0.4, -0.2) is 89.5 Å². The van der Waals surface area contributed by atoms with Crippen LogP contribution in [0.25, 0.3) is 0 Å². The maximum atomic E-state index is 13.4. The summed E-state index contributed by atoms with van der Waals surface area (Å²) < 4.78 is 4.66. The molecule has 0 aromatic rings. The number of ether oxygens (including phenoxy) is 1. The molecular weight excluding hydrogens is 452 g/mol. The molecule has 1 saturated heterocycles. The molecule has 0 spiro atoms. The molecule has 0 aliphatic carbocycles. The van der Waals surface area contributed by atoms with E-state index in [9.17, 15) is 9.59 Å². The Kier molecular flexibility index (Phi) is 13.2. The fourth-order valence-corrected chi connectivity index (χ4v) is 5.48. The smallest absolute Gasteiger partial charge is 0.328 e. The third kappa shape index (κ3) is 8.97. The average molecular weight is 495 g/mol. The van der Waals surface area contributed by atoms with Gasteiger partial charge in [0.05, 0.1) is 7.11 Å². The van der Waals surface area contributed by atoms with Crippen LogP contribution in [0.1, 0.15) is 40.5 Å². The molecule has 1 rings (SSSR count). The minimum atomic E-state index is -0.620. The van der Waals surface area contributed by atoms with Gasteiger partial charge in [0.25, 0.3) is 0 Å². The Morgan fingerprint density at radius 3 is 2.65 bits per heavy atom. The molecule has 10 heteroatoms. The Morgan fingerprint density at radius 2 is 2.10 bits per heavy atom. The highest BCUT2D eigenvalue weighted by Crippen LogP contribution is 2.39. The first kappa shape index (κ1) is 28.9. The van der Waals surface area contributed by atoms with E-state index in [1.54, 1.807) is 23.5 Å². The van der Waals surface area contributed by atoms with E-state index in [1.165, 1.54) is 7.11 Å². The van der Waals surface area contributed by atoms with Crippen molar-refractivity contribution < 1.29 is 14.3 Å². The first-order valence-electron chi connectivity index (χ1n) is 11.0. The molecule has 1 fully saturated rings. The largest absolute Gasteiger partial charge is 0.467 e. The highest BCUT2D eigenvalue weighted by Gasteiger charge is 2.47. The summed E-state index contributed by atoms with van der Waals surface area (Å²) in [5, 5.41) is 6.57. The maximum Gasteiger partial charge on any atom is 0.328 e. The van der Waals surface area contributed by atoms with Gasteiger partial charge in [-0.15, -0.1) is 11.8 Å². The van der Waals surface area contributed by atoms with E-state index in [2.05, 4.69) is 55.9 Å². The number of hydrogen-bond acceptors (Lipinski definition) is 9. The quantitative estimate of drug-likeness (QED) is 0.214. The fraction of sp³-hybridized carbons (Fsp3) is 0.905. The van der Waals surface area contributed by atoms with Crippen molar-refractivity contribution in [2.45, 2.75) is 69.5 Å². The zero-order chi connectivity index (χ0) is 23.6. The second-order valence-electron chi connectivity index (χ2n) is 8.76. The molecule has 0 aromatic heterocycles. The van der Waals surface area contributed by atoms with Crippen molar-refractivity contribution in [3.05, 3.63) is 0 Å². The van der Waals surface area contributed by atoms with Crippen LogP contribution in [0.2, 0.25) is 0 Å². The Balaban J connectivity index is 2.95. The summed E-state index contributed by atoms with van der Waals surface area (Å²) in [6.45, 7) is 10.0. The highest BCUT2D eigenvalue weighted by atomic mass is 32.2. The van der Waals surface area contributed by atoms with Gasteiger partial charge < -0.3 is 21.1 Å². The topological polar surface area (TPSA) is 96.7 Å². The highest BCUT2D eigenvalue weighted by molar-refractivity contribution is 8.00. The molecule has 0 bridgehead atoms. The minimum absolute atomic E-state index is 0.00405. The molecule has 1 heterocycles. The summed E-state index contributed by atoms with van der Waals surface area (Å²) in [6, 6.07) is -0.736. The molecular formula is C21H42N4O3S3. The molecule has 0 aromatic carbocycles. The van der Waals surface area contributed by atoms with Crippen molar-refractivity contribution in [3.63, 3.8) is 0 Å². The van der Waals surface area contributed by atoms with Gasteiger partial charge in [0.1, 0.15) is 12.1 Å².